The van der Waals surface area contributed by atoms with Crippen LogP contribution in [0.1, 0.15) is 37.6 Å². The standard InChI is InChI=1S/C27H30ClFN4O6/c1-27(2,3)39-26(36)31-7-8-32-14(12-31)13-38-23-20(25(32)35)24(33-9-10-37-18-11-16(18)33)30-22(21(23)28)19-15(29)5-4-6-17(19)34/h4-6,14,16,18,34H,7-13H2,1-3H3/t14-,16?,18?/m1/s1. The van der Waals surface area contributed by atoms with Crippen LogP contribution >= 0.6 is 11.6 Å². The number of fused-ring (bicyclic) bond motifs is 3. The van der Waals surface area contributed by atoms with Crippen LogP contribution in [-0.4, -0.2) is 95.1 Å². The van der Waals surface area contributed by atoms with E-state index in [0.717, 1.165) is 6.42 Å². The maximum Gasteiger partial charge on any atom is 0.410 e. The second-order valence-corrected chi connectivity index (χ2v) is 11.6. The van der Waals surface area contributed by atoms with Crippen LogP contribution in [0.3, 0.4) is 0 Å². The van der Waals surface area contributed by atoms with Gasteiger partial charge in [-0.25, -0.2) is 14.2 Å². The summed E-state index contributed by atoms with van der Waals surface area (Å²) in [6.07, 6.45) is 0.359. The second-order valence-electron chi connectivity index (χ2n) is 11.2. The summed E-state index contributed by atoms with van der Waals surface area (Å²) in [6.45, 7) is 7.17. The van der Waals surface area contributed by atoms with E-state index in [0.29, 0.717) is 25.5 Å². The lowest BCUT2D eigenvalue weighted by Gasteiger charge is -2.40. The smallest absolute Gasteiger partial charge is 0.410 e. The van der Waals surface area contributed by atoms with Gasteiger partial charge in [-0.15, -0.1) is 0 Å². The van der Waals surface area contributed by atoms with Crippen molar-refractivity contribution in [2.75, 3.05) is 44.3 Å². The minimum absolute atomic E-state index is 0.00670. The van der Waals surface area contributed by atoms with Gasteiger partial charge in [0.1, 0.15) is 45.9 Å². The molecular weight excluding hydrogens is 531 g/mol. The van der Waals surface area contributed by atoms with Crippen LogP contribution in [0, 0.1) is 5.82 Å². The number of hydrogen-bond donors (Lipinski definition) is 1. The van der Waals surface area contributed by atoms with Crippen molar-refractivity contribution < 1.29 is 33.3 Å². The lowest BCUT2D eigenvalue weighted by Crippen LogP contribution is -2.58. The van der Waals surface area contributed by atoms with E-state index in [1.807, 2.05) is 4.90 Å². The number of ether oxygens (including phenoxy) is 3. The number of hydrogen-bond acceptors (Lipinski definition) is 8. The summed E-state index contributed by atoms with van der Waals surface area (Å²) in [5.74, 6) is -0.943. The van der Waals surface area contributed by atoms with E-state index >= 15 is 0 Å². The summed E-state index contributed by atoms with van der Waals surface area (Å²) < 4.78 is 32.5. The largest absolute Gasteiger partial charge is 0.507 e. The third kappa shape index (κ3) is 4.61. The fraction of sp³-hybridized carbons (Fsp3) is 0.519. The van der Waals surface area contributed by atoms with E-state index in [1.54, 1.807) is 30.6 Å². The average Bonchev–Trinajstić information content (AvgIpc) is 3.68. The molecule has 39 heavy (non-hydrogen) atoms. The zero-order chi connectivity index (χ0) is 27.6. The number of phenolic OH excluding ortho intramolecular Hbond substituents is 1. The number of carbonyl (C=O) groups is 2. The third-order valence-electron chi connectivity index (χ3n) is 7.37. The van der Waals surface area contributed by atoms with Crippen LogP contribution in [0.2, 0.25) is 5.02 Å². The third-order valence-corrected chi connectivity index (χ3v) is 7.72. The Bertz CT molecular complexity index is 1330. The first kappa shape index (κ1) is 25.9. The van der Waals surface area contributed by atoms with Crippen molar-refractivity contribution in [2.24, 2.45) is 0 Å². The van der Waals surface area contributed by atoms with Gasteiger partial charge in [0.05, 0.1) is 30.4 Å². The minimum atomic E-state index is -0.702. The van der Waals surface area contributed by atoms with Crippen molar-refractivity contribution in [3.63, 3.8) is 0 Å². The number of aromatic hydroxyl groups is 1. The highest BCUT2D eigenvalue weighted by Gasteiger charge is 2.49. The Labute approximate surface area is 230 Å². The van der Waals surface area contributed by atoms with Gasteiger partial charge in [-0.1, -0.05) is 17.7 Å². The van der Waals surface area contributed by atoms with Gasteiger partial charge in [0, 0.05) is 26.2 Å². The van der Waals surface area contributed by atoms with Crippen molar-refractivity contribution in [3.05, 3.63) is 34.6 Å². The predicted octanol–water partition coefficient (Wildman–Crippen LogP) is 3.68. The molecule has 1 aliphatic carbocycles. The number of pyridine rings is 1. The van der Waals surface area contributed by atoms with E-state index in [-0.39, 0.29) is 71.1 Å². The zero-order valence-corrected chi connectivity index (χ0v) is 22.7. The molecule has 0 bridgehead atoms. The number of morpholine rings is 1. The molecule has 2 amide bonds. The summed E-state index contributed by atoms with van der Waals surface area (Å²) in [7, 11) is 0. The van der Waals surface area contributed by atoms with E-state index < -0.39 is 23.6 Å². The Hall–Kier alpha value is -3.31. The van der Waals surface area contributed by atoms with Crippen LogP contribution in [0.15, 0.2) is 18.2 Å². The topological polar surface area (TPSA) is 105 Å². The molecule has 6 rings (SSSR count). The van der Waals surface area contributed by atoms with E-state index in [1.165, 1.54) is 18.2 Å². The highest BCUT2D eigenvalue weighted by atomic mass is 35.5. The van der Waals surface area contributed by atoms with Crippen LogP contribution in [0.4, 0.5) is 15.0 Å². The summed E-state index contributed by atoms with van der Waals surface area (Å²) >= 11 is 6.79. The van der Waals surface area contributed by atoms with Crippen LogP contribution < -0.4 is 9.64 Å². The van der Waals surface area contributed by atoms with Crippen molar-refractivity contribution >= 4 is 29.4 Å². The van der Waals surface area contributed by atoms with Gasteiger partial charge < -0.3 is 34.0 Å². The molecule has 1 saturated carbocycles. The van der Waals surface area contributed by atoms with Crippen LogP contribution in [-0.2, 0) is 9.47 Å². The van der Waals surface area contributed by atoms with Gasteiger partial charge in [-0.05, 0) is 39.3 Å². The summed E-state index contributed by atoms with van der Waals surface area (Å²) in [4.78, 5) is 36.8. The van der Waals surface area contributed by atoms with Gasteiger partial charge in [0.15, 0.2) is 5.75 Å². The zero-order valence-electron chi connectivity index (χ0n) is 21.9. The molecular formula is C27H30ClFN4O6. The molecule has 3 fully saturated rings. The van der Waals surface area contributed by atoms with Crippen molar-refractivity contribution in [2.45, 2.75) is 51.0 Å². The Morgan fingerprint density at radius 2 is 2.00 bits per heavy atom. The fourth-order valence-corrected chi connectivity index (χ4v) is 5.74. The molecule has 1 aromatic heterocycles. The Morgan fingerprint density at radius 1 is 1.21 bits per heavy atom. The number of carbonyl (C=O) groups excluding carboxylic acids is 2. The molecule has 4 heterocycles. The molecule has 3 atom stereocenters. The summed E-state index contributed by atoms with van der Waals surface area (Å²) in [6, 6.07) is 3.51. The van der Waals surface area contributed by atoms with Crippen molar-refractivity contribution in [3.8, 4) is 22.8 Å². The quantitative estimate of drug-likeness (QED) is 0.593. The Morgan fingerprint density at radius 3 is 2.74 bits per heavy atom. The molecule has 4 aliphatic rings. The molecule has 1 N–H and O–H groups in total. The number of nitrogens with zero attached hydrogens (tertiary/aromatic N) is 4. The predicted molar refractivity (Wildman–Crippen MR) is 140 cm³/mol. The van der Waals surface area contributed by atoms with Crippen molar-refractivity contribution in [1.82, 2.24) is 14.8 Å². The van der Waals surface area contributed by atoms with Crippen molar-refractivity contribution in [1.29, 1.82) is 0 Å². The summed E-state index contributed by atoms with van der Waals surface area (Å²) in [5, 5.41) is 10.5. The van der Waals surface area contributed by atoms with Crippen LogP contribution in [0.25, 0.3) is 11.3 Å². The Kier molecular flexibility index (Phi) is 6.26. The number of benzene rings is 1. The van der Waals surface area contributed by atoms with Crippen LogP contribution in [0.5, 0.6) is 11.5 Å². The highest BCUT2D eigenvalue weighted by Crippen LogP contribution is 2.48. The molecule has 10 nitrogen and oxygen atoms in total. The number of piperazine rings is 1. The molecule has 0 spiro atoms. The highest BCUT2D eigenvalue weighted by molar-refractivity contribution is 6.35. The molecule has 2 saturated heterocycles. The fourth-order valence-electron chi connectivity index (χ4n) is 5.46. The maximum absolute atomic E-state index is 15.0. The average molecular weight is 561 g/mol. The van der Waals surface area contributed by atoms with Gasteiger partial charge in [-0.3, -0.25) is 4.79 Å². The molecule has 12 heteroatoms. The number of anilines is 1. The summed E-state index contributed by atoms with van der Waals surface area (Å²) in [5.41, 5.74) is -0.628. The van der Waals surface area contributed by atoms with E-state index in [9.17, 15) is 19.1 Å². The first-order valence-electron chi connectivity index (χ1n) is 13.0. The SMILES string of the molecule is CC(C)(C)OC(=O)N1CCN2C(=O)c3c(N4CCOC5CC54)nc(-c4c(O)cccc4F)c(Cl)c3OC[C@H]2C1. The number of rotatable bonds is 2. The lowest BCUT2D eigenvalue weighted by molar-refractivity contribution is 0.000953. The molecule has 0 radical (unpaired) electrons. The molecule has 2 aromatic rings. The maximum atomic E-state index is 15.0. The lowest BCUT2D eigenvalue weighted by atomic mass is 10.0. The second kappa shape index (κ2) is 9.41. The molecule has 3 aliphatic heterocycles. The van der Waals surface area contributed by atoms with E-state index in [2.05, 4.69) is 0 Å². The Balaban J connectivity index is 1.42. The van der Waals surface area contributed by atoms with Gasteiger partial charge >= 0.3 is 6.09 Å². The van der Waals surface area contributed by atoms with E-state index in [4.69, 9.17) is 30.8 Å². The molecule has 208 valence electrons. The number of halogens is 2. The first-order valence-corrected chi connectivity index (χ1v) is 13.4. The van der Waals surface area contributed by atoms with Gasteiger partial charge in [-0.2, -0.15) is 0 Å². The monoisotopic (exact) mass is 560 g/mol. The molecule has 2 unspecified atom stereocenters. The number of phenols is 1. The molecule has 1 aromatic carbocycles. The normalized spacial score (nSPS) is 24.3. The number of amides is 2. The van der Waals surface area contributed by atoms with Gasteiger partial charge in [0.25, 0.3) is 5.91 Å². The van der Waals surface area contributed by atoms with Gasteiger partial charge in [0.2, 0.25) is 0 Å². The minimum Gasteiger partial charge on any atom is -0.507 e. The number of aromatic nitrogens is 1. The first-order chi connectivity index (χ1) is 18.5.